The van der Waals surface area contributed by atoms with Crippen LogP contribution in [0, 0.1) is 0 Å². The summed E-state index contributed by atoms with van der Waals surface area (Å²) in [5, 5.41) is 4.13. The highest BCUT2D eigenvalue weighted by molar-refractivity contribution is 7.20. The molecule has 15 heavy (non-hydrogen) atoms. The molecule has 0 aliphatic rings. The van der Waals surface area contributed by atoms with Crippen molar-refractivity contribution in [3.05, 3.63) is 29.1 Å². The number of ether oxygens (including phenoxy) is 1. The summed E-state index contributed by atoms with van der Waals surface area (Å²) >= 11 is 1.44. The zero-order valence-electron chi connectivity index (χ0n) is 8.53. The van der Waals surface area contributed by atoms with Crippen LogP contribution in [0.2, 0.25) is 0 Å². The van der Waals surface area contributed by atoms with Gasteiger partial charge in [-0.1, -0.05) is 6.07 Å². The third kappa shape index (κ3) is 1.80. The summed E-state index contributed by atoms with van der Waals surface area (Å²) in [6, 6.07) is 7.85. The van der Waals surface area contributed by atoms with Gasteiger partial charge >= 0.3 is 5.97 Å². The molecule has 2 aromatic rings. The first-order valence-electron chi connectivity index (χ1n) is 4.54. The maximum Gasteiger partial charge on any atom is 0.348 e. The maximum atomic E-state index is 11.3. The topological polar surface area (TPSA) is 38.3 Å². The van der Waals surface area contributed by atoms with Crippen molar-refractivity contribution in [2.75, 3.05) is 19.5 Å². The molecular formula is C11H11NO2S. The fourth-order valence-corrected chi connectivity index (χ4v) is 2.41. The molecule has 1 heterocycles. The lowest BCUT2D eigenvalue weighted by molar-refractivity contribution is 0.0606. The molecule has 2 rings (SSSR count). The number of carbonyl (C=O) groups is 1. The van der Waals surface area contributed by atoms with Crippen molar-refractivity contribution in [1.82, 2.24) is 0 Å². The van der Waals surface area contributed by atoms with Crippen molar-refractivity contribution < 1.29 is 9.53 Å². The van der Waals surface area contributed by atoms with Crippen LogP contribution in [0.4, 0.5) is 5.69 Å². The van der Waals surface area contributed by atoms with Crippen LogP contribution in [0.15, 0.2) is 24.3 Å². The van der Waals surface area contributed by atoms with Crippen LogP contribution in [0.5, 0.6) is 0 Å². The van der Waals surface area contributed by atoms with Gasteiger partial charge in [0.1, 0.15) is 4.88 Å². The molecule has 0 amide bonds. The summed E-state index contributed by atoms with van der Waals surface area (Å²) in [6.07, 6.45) is 0. The quantitative estimate of drug-likeness (QED) is 0.792. The Hall–Kier alpha value is -1.55. The lowest BCUT2D eigenvalue weighted by atomic mass is 10.2. The predicted octanol–water partition coefficient (Wildman–Crippen LogP) is 2.73. The van der Waals surface area contributed by atoms with E-state index in [1.54, 1.807) is 0 Å². The number of hydrogen-bond donors (Lipinski definition) is 1. The van der Waals surface area contributed by atoms with Crippen molar-refractivity contribution in [3.8, 4) is 0 Å². The van der Waals surface area contributed by atoms with Gasteiger partial charge in [0.2, 0.25) is 0 Å². The highest BCUT2D eigenvalue weighted by Crippen LogP contribution is 2.28. The number of esters is 1. The molecule has 0 aliphatic heterocycles. The molecule has 0 spiro atoms. The largest absolute Gasteiger partial charge is 0.465 e. The van der Waals surface area contributed by atoms with Gasteiger partial charge in [-0.3, -0.25) is 0 Å². The summed E-state index contributed by atoms with van der Waals surface area (Å²) in [6.45, 7) is 0. The van der Waals surface area contributed by atoms with Crippen molar-refractivity contribution in [2.24, 2.45) is 0 Å². The van der Waals surface area contributed by atoms with Gasteiger partial charge in [-0.2, -0.15) is 0 Å². The molecule has 0 fully saturated rings. The fourth-order valence-electron chi connectivity index (χ4n) is 1.39. The van der Waals surface area contributed by atoms with Gasteiger partial charge in [-0.15, -0.1) is 11.3 Å². The fraction of sp³-hybridized carbons (Fsp3) is 0.182. The summed E-state index contributed by atoms with van der Waals surface area (Å²) in [7, 11) is 3.27. The van der Waals surface area contributed by atoms with E-state index in [2.05, 4.69) is 10.1 Å². The van der Waals surface area contributed by atoms with Crippen LogP contribution in [0.1, 0.15) is 9.67 Å². The maximum absolute atomic E-state index is 11.3. The molecule has 1 aromatic heterocycles. The molecule has 0 saturated carbocycles. The molecule has 0 bridgehead atoms. The zero-order valence-corrected chi connectivity index (χ0v) is 9.35. The van der Waals surface area contributed by atoms with E-state index < -0.39 is 0 Å². The second kappa shape index (κ2) is 3.90. The first-order valence-corrected chi connectivity index (χ1v) is 5.36. The zero-order chi connectivity index (χ0) is 10.8. The van der Waals surface area contributed by atoms with E-state index in [1.807, 2.05) is 31.3 Å². The predicted molar refractivity (Wildman–Crippen MR) is 62.7 cm³/mol. The number of fused-ring (bicyclic) bond motifs is 1. The molecule has 0 saturated heterocycles. The Morgan fingerprint density at radius 1 is 1.40 bits per heavy atom. The number of benzene rings is 1. The summed E-state index contributed by atoms with van der Waals surface area (Å²) < 4.78 is 5.76. The van der Waals surface area contributed by atoms with E-state index in [-0.39, 0.29) is 5.97 Å². The third-order valence-electron chi connectivity index (χ3n) is 2.20. The van der Waals surface area contributed by atoms with Gasteiger partial charge < -0.3 is 10.1 Å². The highest BCUT2D eigenvalue weighted by atomic mass is 32.1. The van der Waals surface area contributed by atoms with Gasteiger partial charge in [0.05, 0.1) is 7.11 Å². The van der Waals surface area contributed by atoms with Gasteiger partial charge in [0, 0.05) is 17.4 Å². The minimum atomic E-state index is -0.276. The van der Waals surface area contributed by atoms with Crippen LogP contribution in [-0.2, 0) is 4.74 Å². The Labute approximate surface area is 91.7 Å². The molecule has 0 atom stereocenters. The summed E-state index contributed by atoms with van der Waals surface area (Å²) in [4.78, 5) is 11.9. The molecular weight excluding hydrogens is 210 g/mol. The number of thiophene rings is 1. The molecule has 0 aliphatic carbocycles. The Morgan fingerprint density at radius 2 is 2.20 bits per heavy atom. The van der Waals surface area contributed by atoms with Crippen LogP contribution in [-0.4, -0.2) is 20.1 Å². The SMILES string of the molecule is CNc1ccc2cc(C(=O)OC)sc2c1. The molecule has 0 unspecified atom stereocenters. The van der Waals surface area contributed by atoms with Gasteiger partial charge in [-0.05, 0) is 23.6 Å². The summed E-state index contributed by atoms with van der Waals surface area (Å²) in [5.74, 6) is -0.276. The lowest BCUT2D eigenvalue weighted by Crippen LogP contribution is -1.96. The molecule has 4 heteroatoms. The number of anilines is 1. The Kier molecular flexibility index (Phi) is 2.60. The number of hydrogen-bond acceptors (Lipinski definition) is 4. The molecule has 1 N–H and O–H groups in total. The molecule has 0 radical (unpaired) electrons. The van der Waals surface area contributed by atoms with Gasteiger partial charge in [0.15, 0.2) is 0 Å². The van der Waals surface area contributed by atoms with Crippen LogP contribution < -0.4 is 5.32 Å². The second-order valence-electron chi connectivity index (χ2n) is 3.10. The Balaban J connectivity index is 2.51. The standard InChI is InChI=1S/C11H11NO2S/c1-12-8-4-3-7-5-10(11(13)14-2)15-9(7)6-8/h3-6,12H,1-2H3. The first-order chi connectivity index (χ1) is 7.24. The van der Waals surface area contributed by atoms with E-state index in [0.717, 1.165) is 15.8 Å². The average Bonchev–Trinajstić information content (AvgIpc) is 2.70. The van der Waals surface area contributed by atoms with Crippen molar-refractivity contribution in [3.63, 3.8) is 0 Å². The first kappa shape index (κ1) is 9.98. The number of nitrogens with one attached hydrogen (secondary N) is 1. The summed E-state index contributed by atoms with van der Waals surface area (Å²) in [5.41, 5.74) is 1.04. The number of carbonyl (C=O) groups excluding carboxylic acids is 1. The monoisotopic (exact) mass is 221 g/mol. The van der Waals surface area contributed by atoms with Crippen LogP contribution >= 0.6 is 11.3 Å². The van der Waals surface area contributed by atoms with E-state index >= 15 is 0 Å². The Bertz CT molecular complexity index is 504. The molecule has 78 valence electrons. The molecule has 1 aromatic carbocycles. The number of rotatable bonds is 2. The second-order valence-corrected chi connectivity index (χ2v) is 4.19. The minimum absolute atomic E-state index is 0.276. The van der Waals surface area contributed by atoms with Crippen LogP contribution in [0.25, 0.3) is 10.1 Å². The Morgan fingerprint density at radius 3 is 2.87 bits per heavy atom. The average molecular weight is 221 g/mol. The van der Waals surface area contributed by atoms with E-state index in [0.29, 0.717) is 4.88 Å². The molecule has 3 nitrogen and oxygen atoms in total. The van der Waals surface area contributed by atoms with E-state index in [9.17, 15) is 4.79 Å². The van der Waals surface area contributed by atoms with Gasteiger partial charge in [0.25, 0.3) is 0 Å². The van der Waals surface area contributed by atoms with E-state index in [4.69, 9.17) is 0 Å². The number of methoxy groups -OCH3 is 1. The van der Waals surface area contributed by atoms with Crippen molar-refractivity contribution in [2.45, 2.75) is 0 Å². The van der Waals surface area contributed by atoms with E-state index in [1.165, 1.54) is 18.4 Å². The van der Waals surface area contributed by atoms with Crippen LogP contribution in [0.3, 0.4) is 0 Å². The van der Waals surface area contributed by atoms with Gasteiger partial charge in [-0.25, -0.2) is 4.79 Å². The van der Waals surface area contributed by atoms with Crippen molar-refractivity contribution >= 4 is 33.1 Å². The highest BCUT2D eigenvalue weighted by Gasteiger charge is 2.09. The minimum Gasteiger partial charge on any atom is -0.465 e. The third-order valence-corrected chi connectivity index (χ3v) is 3.27. The van der Waals surface area contributed by atoms with Crippen molar-refractivity contribution in [1.29, 1.82) is 0 Å². The smallest absolute Gasteiger partial charge is 0.348 e. The lowest BCUT2D eigenvalue weighted by Gasteiger charge is -1.97. The normalized spacial score (nSPS) is 10.3.